The van der Waals surface area contributed by atoms with Crippen LogP contribution in [0.25, 0.3) is 0 Å². The third-order valence-corrected chi connectivity index (χ3v) is 2.09. The molecule has 0 N–H and O–H groups in total. The molecule has 1 aromatic rings. The van der Waals surface area contributed by atoms with E-state index in [4.69, 9.17) is 16.3 Å². The van der Waals surface area contributed by atoms with E-state index in [1.54, 1.807) is 6.20 Å². The normalized spacial score (nSPS) is 12.6. The summed E-state index contributed by atoms with van der Waals surface area (Å²) in [6.07, 6.45) is 2.32. The second kappa shape index (κ2) is 4.77. The molecule has 1 unspecified atom stereocenters. The molecule has 0 aromatic carbocycles. The van der Waals surface area contributed by atoms with Crippen molar-refractivity contribution in [1.82, 2.24) is 9.97 Å². The molecule has 0 saturated heterocycles. The van der Waals surface area contributed by atoms with Crippen molar-refractivity contribution in [1.29, 1.82) is 0 Å². The van der Waals surface area contributed by atoms with E-state index in [1.165, 1.54) is 7.11 Å². The Morgan fingerprint density at radius 2 is 2.38 bits per heavy atom. The van der Waals surface area contributed by atoms with Crippen LogP contribution in [0, 0.1) is 0 Å². The summed E-state index contributed by atoms with van der Waals surface area (Å²) in [5.74, 6) is 0. The molecule has 3 nitrogen and oxygen atoms in total. The lowest BCUT2D eigenvalue weighted by Crippen LogP contribution is -2.03. The molecule has 0 fully saturated rings. The molecule has 0 saturated carbocycles. The van der Waals surface area contributed by atoms with Crippen LogP contribution in [-0.4, -0.2) is 21.9 Å². The molecule has 0 radical (unpaired) electrons. The van der Waals surface area contributed by atoms with Gasteiger partial charge in [0.1, 0.15) is 0 Å². The summed E-state index contributed by atoms with van der Waals surface area (Å²) in [4.78, 5) is 8.36. The van der Waals surface area contributed by atoms with Crippen molar-refractivity contribution in [2.24, 2.45) is 0 Å². The van der Waals surface area contributed by atoms with Crippen molar-refractivity contribution in [2.45, 2.75) is 18.2 Å². The second-order valence-electron chi connectivity index (χ2n) is 2.64. The van der Waals surface area contributed by atoms with Crippen LogP contribution < -0.4 is 4.74 Å². The van der Waals surface area contributed by atoms with Crippen LogP contribution in [0.1, 0.15) is 12.6 Å². The summed E-state index contributed by atoms with van der Waals surface area (Å²) in [5, 5.41) is 0.576. The number of hydrogen-bond acceptors (Lipinski definition) is 3. The number of halogens is 2. The van der Waals surface area contributed by atoms with Crippen molar-refractivity contribution in [3.05, 3.63) is 16.9 Å². The first-order valence-electron chi connectivity index (χ1n) is 3.83. The standard InChI is InChI=1S/C8H10BrClN2O/c1-5(9)3-7-6(10)4-11-8(12-7)13-2/h4-5H,3H2,1-2H3. The molecule has 1 aromatic heterocycles. The third-order valence-electron chi connectivity index (χ3n) is 1.45. The Balaban J connectivity index is 2.90. The summed E-state index contributed by atoms with van der Waals surface area (Å²) in [5.41, 5.74) is 0.804. The van der Waals surface area contributed by atoms with Gasteiger partial charge in [-0.05, 0) is 0 Å². The highest BCUT2D eigenvalue weighted by atomic mass is 79.9. The Bertz CT molecular complexity index is 293. The fourth-order valence-corrected chi connectivity index (χ4v) is 1.37. The molecule has 0 spiro atoms. The average Bonchev–Trinajstić information content (AvgIpc) is 2.08. The predicted molar refractivity (Wildman–Crippen MR) is 55.7 cm³/mol. The maximum atomic E-state index is 5.90. The number of ether oxygens (including phenoxy) is 1. The van der Waals surface area contributed by atoms with E-state index in [-0.39, 0.29) is 0 Å². The molecule has 0 bridgehead atoms. The fraction of sp³-hybridized carbons (Fsp3) is 0.500. The Kier molecular flexibility index (Phi) is 3.93. The van der Waals surface area contributed by atoms with Gasteiger partial charge in [-0.2, -0.15) is 4.98 Å². The van der Waals surface area contributed by atoms with Crippen molar-refractivity contribution in [3.63, 3.8) is 0 Å². The van der Waals surface area contributed by atoms with Crippen molar-refractivity contribution in [2.75, 3.05) is 7.11 Å². The Morgan fingerprint density at radius 1 is 1.69 bits per heavy atom. The number of nitrogens with zero attached hydrogens (tertiary/aromatic N) is 2. The molecule has 0 aliphatic carbocycles. The molecule has 72 valence electrons. The zero-order valence-electron chi connectivity index (χ0n) is 7.42. The predicted octanol–water partition coefficient (Wildman–Crippen LogP) is 2.46. The van der Waals surface area contributed by atoms with Crippen LogP contribution >= 0.6 is 27.5 Å². The maximum Gasteiger partial charge on any atom is 0.316 e. The van der Waals surface area contributed by atoms with Crippen molar-refractivity contribution in [3.8, 4) is 6.01 Å². The zero-order valence-corrected chi connectivity index (χ0v) is 9.76. The molecular weight excluding hydrogens is 255 g/mol. The lowest BCUT2D eigenvalue weighted by atomic mass is 10.2. The van der Waals surface area contributed by atoms with Crippen LogP contribution in [0.3, 0.4) is 0 Å². The summed E-state index contributed by atoms with van der Waals surface area (Å²) in [7, 11) is 1.53. The summed E-state index contributed by atoms with van der Waals surface area (Å²) in [6.45, 7) is 2.03. The number of methoxy groups -OCH3 is 1. The Morgan fingerprint density at radius 3 is 2.92 bits per heavy atom. The smallest absolute Gasteiger partial charge is 0.316 e. The molecule has 1 rings (SSSR count). The van der Waals surface area contributed by atoms with E-state index in [0.717, 1.165) is 12.1 Å². The van der Waals surface area contributed by atoms with Crippen LogP contribution in [0.4, 0.5) is 0 Å². The molecule has 0 amide bonds. The van der Waals surface area contributed by atoms with Gasteiger partial charge in [-0.15, -0.1) is 0 Å². The number of alkyl halides is 1. The molecule has 13 heavy (non-hydrogen) atoms. The largest absolute Gasteiger partial charge is 0.467 e. The molecule has 0 aliphatic heterocycles. The fourth-order valence-electron chi connectivity index (χ4n) is 0.892. The van der Waals surface area contributed by atoms with Crippen LogP contribution in [0.5, 0.6) is 6.01 Å². The molecule has 1 atom stereocenters. The number of rotatable bonds is 3. The van der Waals surface area contributed by atoms with E-state index < -0.39 is 0 Å². The van der Waals surface area contributed by atoms with Gasteiger partial charge in [-0.25, -0.2) is 4.98 Å². The van der Waals surface area contributed by atoms with Gasteiger partial charge in [0.25, 0.3) is 0 Å². The minimum absolute atomic E-state index is 0.338. The summed E-state index contributed by atoms with van der Waals surface area (Å²) in [6, 6.07) is 0.354. The minimum Gasteiger partial charge on any atom is -0.467 e. The lowest BCUT2D eigenvalue weighted by Gasteiger charge is -2.05. The maximum absolute atomic E-state index is 5.90. The molecular formula is C8H10BrClN2O. The molecule has 0 aliphatic rings. The van der Waals surface area contributed by atoms with Crippen LogP contribution in [0.15, 0.2) is 6.20 Å². The zero-order chi connectivity index (χ0) is 9.84. The highest BCUT2D eigenvalue weighted by molar-refractivity contribution is 9.09. The highest BCUT2D eigenvalue weighted by Gasteiger charge is 2.07. The van der Waals surface area contributed by atoms with Gasteiger partial charge in [0, 0.05) is 11.2 Å². The first kappa shape index (κ1) is 10.7. The SMILES string of the molecule is COc1ncc(Cl)c(CC(C)Br)n1. The van der Waals surface area contributed by atoms with E-state index in [9.17, 15) is 0 Å². The van der Waals surface area contributed by atoms with Gasteiger partial charge in [-0.1, -0.05) is 34.5 Å². The first-order chi connectivity index (χ1) is 6.13. The minimum atomic E-state index is 0.338. The average molecular weight is 266 g/mol. The molecule has 1 heterocycles. The van der Waals surface area contributed by atoms with Gasteiger partial charge < -0.3 is 4.74 Å². The third kappa shape index (κ3) is 3.12. The van der Waals surface area contributed by atoms with Gasteiger partial charge in [0.15, 0.2) is 0 Å². The van der Waals surface area contributed by atoms with E-state index in [1.807, 2.05) is 6.92 Å². The molecule has 5 heteroatoms. The first-order valence-corrected chi connectivity index (χ1v) is 5.12. The topological polar surface area (TPSA) is 35.0 Å². The van der Waals surface area contributed by atoms with E-state index in [0.29, 0.717) is 15.9 Å². The van der Waals surface area contributed by atoms with E-state index >= 15 is 0 Å². The van der Waals surface area contributed by atoms with Crippen LogP contribution in [-0.2, 0) is 6.42 Å². The summed E-state index contributed by atoms with van der Waals surface area (Å²) < 4.78 is 4.90. The second-order valence-corrected chi connectivity index (χ2v) is 4.61. The Hall–Kier alpha value is -0.350. The number of hydrogen-bond donors (Lipinski definition) is 0. The van der Waals surface area contributed by atoms with Gasteiger partial charge in [-0.3, -0.25) is 0 Å². The lowest BCUT2D eigenvalue weighted by molar-refractivity contribution is 0.378. The van der Waals surface area contributed by atoms with Crippen LogP contribution in [0.2, 0.25) is 5.02 Å². The van der Waals surface area contributed by atoms with Gasteiger partial charge >= 0.3 is 6.01 Å². The Labute approximate surface area is 90.6 Å². The summed E-state index contributed by atoms with van der Waals surface area (Å²) >= 11 is 9.33. The van der Waals surface area contributed by atoms with Crippen molar-refractivity contribution < 1.29 is 4.74 Å². The highest BCUT2D eigenvalue weighted by Crippen LogP contribution is 2.18. The monoisotopic (exact) mass is 264 g/mol. The quantitative estimate of drug-likeness (QED) is 0.788. The van der Waals surface area contributed by atoms with Gasteiger partial charge in [0.05, 0.1) is 24.0 Å². The van der Waals surface area contributed by atoms with Gasteiger partial charge in [0.2, 0.25) is 0 Å². The number of aromatic nitrogens is 2. The van der Waals surface area contributed by atoms with Crippen molar-refractivity contribution >= 4 is 27.5 Å². The van der Waals surface area contributed by atoms with E-state index in [2.05, 4.69) is 25.9 Å².